The van der Waals surface area contributed by atoms with E-state index in [4.69, 9.17) is 16.3 Å². The molecule has 2 aromatic carbocycles. The van der Waals surface area contributed by atoms with Crippen LogP contribution in [0.4, 0.5) is 5.69 Å². The van der Waals surface area contributed by atoms with E-state index in [1.165, 1.54) is 11.8 Å². The van der Waals surface area contributed by atoms with Crippen LogP contribution in [0.5, 0.6) is 5.75 Å². The van der Waals surface area contributed by atoms with Crippen LogP contribution in [0.15, 0.2) is 47.6 Å². The second kappa shape index (κ2) is 9.33. The Balaban J connectivity index is 1.60. The van der Waals surface area contributed by atoms with Crippen molar-refractivity contribution >= 4 is 35.0 Å². The Morgan fingerprint density at radius 2 is 2.00 bits per heavy atom. The molecule has 29 heavy (non-hydrogen) atoms. The summed E-state index contributed by atoms with van der Waals surface area (Å²) in [5, 5.41) is 12.5. The number of halogens is 1. The largest absolute Gasteiger partial charge is 0.481 e. The van der Waals surface area contributed by atoms with Crippen molar-refractivity contribution in [1.82, 2.24) is 14.8 Å². The summed E-state index contributed by atoms with van der Waals surface area (Å²) >= 11 is 7.48. The number of aromatic nitrogens is 3. The number of hydrogen-bond donors (Lipinski definition) is 1. The molecule has 1 atom stereocenters. The van der Waals surface area contributed by atoms with Crippen LogP contribution in [0.3, 0.4) is 0 Å². The molecule has 0 fully saturated rings. The third-order valence-corrected chi connectivity index (χ3v) is 5.69. The second-order valence-electron chi connectivity index (χ2n) is 6.75. The van der Waals surface area contributed by atoms with Gasteiger partial charge in [-0.2, -0.15) is 0 Å². The average molecular weight is 431 g/mol. The van der Waals surface area contributed by atoms with Crippen molar-refractivity contribution in [3.05, 3.63) is 64.4 Å². The van der Waals surface area contributed by atoms with E-state index >= 15 is 0 Å². The molecule has 152 valence electrons. The first kappa shape index (κ1) is 21.2. The lowest BCUT2D eigenvalue weighted by atomic mass is 10.1. The molecular formula is C21H23ClN4O2S. The highest BCUT2D eigenvalue weighted by Gasteiger charge is 2.19. The number of carbonyl (C=O) groups excluding carboxylic acids is 1. The van der Waals surface area contributed by atoms with Gasteiger partial charge in [0.25, 0.3) is 0 Å². The molecule has 1 amide bonds. The number of para-hydroxylation sites is 1. The Kier molecular flexibility index (Phi) is 6.82. The summed E-state index contributed by atoms with van der Waals surface area (Å²) < 4.78 is 7.74. The van der Waals surface area contributed by atoms with Crippen LogP contribution in [0.2, 0.25) is 5.02 Å². The monoisotopic (exact) mass is 430 g/mol. The van der Waals surface area contributed by atoms with Gasteiger partial charge in [0.1, 0.15) is 5.75 Å². The molecule has 1 unspecified atom stereocenters. The van der Waals surface area contributed by atoms with Gasteiger partial charge in [-0.1, -0.05) is 53.2 Å². The van der Waals surface area contributed by atoms with E-state index in [1.807, 2.05) is 68.8 Å². The molecule has 8 heteroatoms. The Hall–Kier alpha value is -2.51. The molecule has 0 saturated carbocycles. The lowest BCUT2D eigenvalue weighted by molar-refractivity contribution is -0.113. The Morgan fingerprint density at radius 1 is 1.24 bits per heavy atom. The maximum Gasteiger partial charge on any atom is 0.234 e. The number of ether oxygens (including phenoxy) is 1. The van der Waals surface area contributed by atoms with E-state index < -0.39 is 0 Å². The van der Waals surface area contributed by atoms with Crippen molar-refractivity contribution in [3.63, 3.8) is 0 Å². The van der Waals surface area contributed by atoms with E-state index in [0.717, 1.165) is 16.8 Å². The number of carbonyl (C=O) groups is 1. The summed E-state index contributed by atoms with van der Waals surface area (Å²) in [5.41, 5.74) is 3.02. The number of aryl methyl sites for hydroxylation is 2. The summed E-state index contributed by atoms with van der Waals surface area (Å²) in [7, 11) is 1.85. The minimum absolute atomic E-state index is 0.0909. The molecule has 1 N–H and O–H groups in total. The SMILES string of the molecule is Cc1ccc(NC(=O)CSc2nnc(C(C)Oc3ccccc3Cl)n2C)c(C)c1. The van der Waals surface area contributed by atoms with Crippen molar-refractivity contribution in [2.24, 2.45) is 7.05 Å². The Morgan fingerprint density at radius 3 is 2.72 bits per heavy atom. The number of anilines is 1. The maximum absolute atomic E-state index is 12.3. The van der Waals surface area contributed by atoms with Gasteiger partial charge in [0.05, 0.1) is 10.8 Å². The second-order valence-corrected chi connectivity index (χ2v) is 8.10. The van der Waals surface area contributed by atoms with Gasteiger partial charge in [-0.15, -0.1) is 10.2 Å². The zero-order valence-corrected chi connectivity index (χ0v) is 18.3. The molecule has 0 spiro atoms. The predicted molar refractivity (Wildman–Crippen MR) is 117 cm³/mol. The highest BCUT2D eigenvalue weighted by atomic mass is 35.5. The van der Waals surface area contributed by atoms with Crippen molar-refractivity contribution in [2.45, 2.75) is 32.0 Å². The van der Waals surface area contributed by atoms with Crippen LogP contribution in [0.1, 0.15) is 30.0 Å². The van der Waals surface area contributed by atoms with Crippen LogP contribution in [-0.2, 0) is 11.8 Å². The zero-order chi connectivity index (χ0) is 21.0. The van der Waals surface area contributed by atoms with Crippen molar-refractivity contribution < 1.29 is 9.53 Å². The highest BCUT2D eigenvalue weighted by Crippen LogP contribution is 2.29. The third-order valence-electron chi connectivity index (χ3n) is 4.36. The number of hydrogen-bond acceptors (Lipinski definition) is 5. The van der Waals surface area contributed by atoms with Gasteiger partial charge in [-0.3, -0.25) is 4.79 Å². The van der Waals surface area contributed by atoms with Gasteiger partial charge >= 0.3 is 0 Å². The number of amides is 1. The lowest BCUT2D eigenvalue weighted by Gasteiger charge is -2.15. The standard InChI is InChI=1S/C21H23ClN4O2S/c1-13-9-10-17(14(2)11-13)23-19(27)12-29-21-25-24-20(26(21)4)15(3)28-18-8-6-5-7-16(18)22/h5-11,15H,12H2,1-4H3,(H,23,27). The minimum Gasteiger partial charge on any atom is -0.481 e. The van der Waals surface area contributed by atoms with E-state index in [1.54, 1.807) is 6.07 Å². The molecular weight excluding hydrogens is 408 g/mol. The van der Waals surface area contributed by atoms with Crippen LogP contribution in [-0.4, -0.2) is 26.4 Å². The summed E-state index contributed by atoms with van der Waals surface area (Å²) in [4.78, 5) is 12.3. The van der Waals surface area contributed by atoms with Gasteiger partial charge in [-0.25, -0.2) is 0 Å². The Bertz CT molecular complexity index is 1020. The molecule has 3 aromatic rings. The first-order valence-corrected chi connectivity index (χ1v) is 10.5. The van der Waals surface area contributed by atoms with Gasteiger partial charge in [0.15, 0.2) is 17.1 Å². The molecule has 0 radical (unpaired) electrons. The number of rotatable bonds is 7. The van der Waals surface area contributed by atoms with E-state index in [-0.39, 0.29) is 17.8 Å². The number of thioether (sulfide) groups is 1. The summed E-state index contributed by atoms with van der Waals surface area (Å²) in [6, 6.07) is 13.2. The van der Waals surface area contributed by atoms with Crippen LogP contribution >= 0.6 is 23.4 Å². The fourth-order valence-corrected chi connectivity index (χ4v) is 3.76. The van der Waals surface area contributed by atoms with Gasteiger partial charge < -0.3 is 14.6 Å². The third kappa shape index (κ3) is 5.31. The van der Waals surface area contributed by atoms with E-state index in [0.29, 0.717) is 21.8 Å². The molecule has 0 aliphatic heterocycles. The summed E-state index contributed by atoms with van der Waals surface area (Å²) in [5.74, 6) is 1.39. The molecule has 1 heterocycles. The van der Waals surface area contributed by atoms with Crippen LogP contribution < -0.4 is 10.1 Å². The molecule has 3 rings (SSSR count). The molecule has 0 saturated heterocycles. The van der Waals surface area contributed by atoms with Crippen LogP contribution in [0, 0.1) is 13.8 Å². The molecule has 1 aromatic heterocycles. The number of nitrogens with zero attached hydrogens (tertiary/aromatic N) is 3. The quantitative estimate of drug-likeness (QED) is 0.536. The Labute approximate surface area is 179 Å². The first-order valence-electron chi connectivity index (χ1n) is 9.15. The molecule has 0 bridgehead atoms. The first-order chi connectivity index (χ1) is 13.8. The smallest absolute Gasteiger partial charge is 0.234 e. The van der Waals surface area contributed by atoms with Gasteiger partial charge in [0.2, 0.25) is 5.91 Å². The van der Waals surface area contributed by atoms with Crippen molar-refractivity contribution in [1.29, 1.82) is 0 Å². The predicted octanol–water partition coefficient (Wildman–Crippen LogP) is 4.96. The maximum atomic E-state index is 12.3. The molecule has 6 nitrogen and oxygen atoms in total. The van der Waals surface area contributed by atoms with Crippen molar-refractivity contribution in [2.75, 3.05) is 11.1 Å². The fraction of sp³-hybridized carbons (Fsp3) is 0.286. The topological polar surface area (TPSA) is 69.0 Å². The fourth-order valence-electron chi connectivity index (χ4n) is 2.86. The lowest BCUT2D eigenvalue weighted by Crippen LogP contribution is -2.15. The number of benzene rings is 2. The van der Waals surface area contributed by atoms with E-state index in [9.17, 15) is 4.79 Å². The zero-order valence-electron chi connectivity index (χ0n) is 16.8. The van der Waals surface area contributed by atoms with Gasteiger partial charge in [-0.05, 0) is 44.5 Å². The highest BCUT2D eigenvalue weighted by molar-refractivity contribution is 7.99. The molecule has 0 aliphatic carbocycles. The van der Waals surface area contributed by atoms with Crippen molar-refractivity contribution in [3.8, 4) is 5.75 Å². The molecule has 0 aliphatic rings. The minimum atomic E-state index is -0.342. The summed E-state index contributed by atoms with van der Waals surface area (Å²) in [6.07, 6.45) is -0.342. The normalized spacial score (nSPS) is 11.9. The van der Waals surface area contributed by atoms with Crippen LogP contribution in [0.25, 0.3) is 0 Å². The summed E-state index contributed by atoms with van der Waals surface area (Å²) in [6.45, 7) is 5.89. The van der Waals surface area contributed by atoms with E-state index in [2.05, 4.69) is 15.5 Å². The number of nitrogens with one attached hydrogen (secondary N) is 1. The average Bonchev–Trinajstić information content (AvgIpc) is 3.05. The van der Waals surface area contributed by atoms with Gasteiger partial charge in [0, 0.05) is 12.7 Å².